The van der Waals surface area contributed by atoms with Gasteiger partial charge in [-0.25, -0.2) is 9.97 Å². The number of rotatable bonds is 4. The highest BCUT2D eigenvalue weighted by molar-refractivity contribution is 5.40. The molecule has 4 nitrogen and oxygen atoms in total. The zero-order valence-electron chi connectivity index (χ0n) is 10.2. The Balaban J connectivity index is 2.18. The summed E-state index contributed by atoms with van der Waals surface area (Å²) >= 11 is 0. The molecule has 0 spiro atoms. The van der Waals surface area contributed by atoms with Crippen molar-refractivity contribution in [2.45, 2.75) is 39.2 Å². The van der Waals surface area contributed by atoms with Crippen LogP contribution in [-0.2, 0) is 0 Å². The van der Waals surface area contributed by atoms with Crippen molar-refractivity contribution in [1.82, 2.24) is 9.97 Å². The molecule has 4 heteroatoms. The summed E-state index contributed by atoms with van der Waals surface area (Å²) in [5.41, 5.74) is 6.84. The molecule has 16 heavy (non-hydrogen) atoms. The maximum Gasteiger partial charge on any atom is 0.130 e. The maximum absolute atomic E-state index is 5.87. The monoisotopic (exact) mass is 220 g/mol. The van der Waals surface area contributed by atoms with Crippen LogP contribution in [0.15, 0.2) is 6.07 Å². The van der Waals surface area contributed by atoms with Crippen molar-refractivity contribution in [2.24, 2.45) is 11.7 Å². The van der Waals surface area contributed by atoms with E-state index in [-0.39, 0.29) is 5.54 Å². The first-order valence-corrected chi connectivity index (χ1v) is 5.84. The Morgan fingerprint density at radius 3 is 2.62 bits per heavy atom. The predicted octanol–water partition coefficient (Wildman–Crippen LogP) is 1.63. The van der Waals surface area contributed by atoms with Gasteiger partial charge in [-0.2, -0.15) is 0 Å². The van der Waals surface area contributed by atoms with E-state index in [2.05, 4.69) is 22.2 Å². The van der Waals surface area contributed by atoms with Gasteiger partial charge in [0, 0.05) is 18.3 Å². The van der Waals surface area contributed by atoms with Gasteiger partial charge in [-0.15, -0.1) is 0 Å². The molecule has 0 bridgehead atoms. The number of aryl methyl sites for hydroxylation is 2. The molecule has 0 saturated heterocycles. The summed E-state index contributed by atoms with van der Waals surface area (Å²) in [4.78, 5) is 8.67. The second-order valence-electron chi connectivity index (χ2n) is 4.96. The summed E-state index contributed by atoms with van der Waals surface area (Å²) in [6.07, 6.45) is 2.54. The maximum atomic E-state index is 5.87. The molecule has 1 aromatic heterocycles. The summed E-state index contributed by atoms with van der Waals surface area (Å²) < 4.78 is 0. The molecule has 0 amide bonds. The van der Waals surface area contributed by atoms with E-state index >= 15 is 0 Å². The molecule has 3 N–H and O–H groups in total. The van der Waals surface area contributed by atoms with Crippen LogP contribution in [-0.4, -0.2) is 22.1 Å². The van der Waals surface area contributed by atoms with Gasteiger partial charge >= 0.3 is 0 Å². The Hall–Kier alpha value is -1.16. The Morgan fingerprint density at radius 1 is 1.44 bits per heavy atom. The van der Waals surface area contributed by atoms with Gasteiger partial charge in [0.15, 0.2) is 0 Å². The summed E-state index contributed by atoms with van der Waals surface area (Å²) in [5, 5.41) is 3.47. The standard InChI is InChI=1S/C12H20N4/c1-8-6-11(15-9(2)14-8)16-12(3,7-13)10-4-5-10/h6,10H,4-5,7,13H2,1-3H3,(H,14,15,16). The normalized spacial score (nSPS) is 19.2. The van der Waals surface area contributed by atoms with Crippen LogP contribution in [0.25, 0.3) is 0 Å². The molecule has 1 fully saturated rings. The molecule has 0 aliphatic heterocycles. The fraction of sp³-hybridized carbons (Fsp3) is 0.667. The molecular formula is C12H20N4. The van der Waals surface area contributed by atoms with Crippen molar-refractivity contribution in [2.75, 3.05) is 11.9 Å². The second-order valence-corrected chi connectivity index (χ2v) is 4.96. The smallest absolute Gasteiger partial charge is 0.130 e. The third-order valence-corrected chi connectivity index (χ3v) is 3.28. The highest BCUT2D eigenvalue weighted by Gasteiger charge is 2.40. The van der Waals surface area contributed by atoms with Crippen LogP contribution in [0.4, 0.5) is 5.82 Å². The van der Waals surface area contributed by atoms with Crippen LogP contribution in [0, 0.1) is 19.8 Å². The lowest BCUT2D eigenvalue weighted by atomic mass is 9.96. The van der Waals surface area contributed by atoms with Gasteiger partial charge in [0.05, 0.1) is 5.54 Å². The fourth-order valence-corrected chi connectivity index (χ4v) is 2.11. The molecule has 1 aromatic rings. The van der Waals surface area contributed by atoms with E-state index < -0.39 is 0 Å². The molecule has 1 atom stereocenters. The van der Waals surface area contributed by atoms with Crippen LogP contribution in [0.3, 0.4) is 0 Å². The zero-order chi connectivity index (χ0) is 11.8. The summed E-state index contributed by atoms with van der Waals surface area (Å²) in [6, 6.07) is 1.98. The number of anilines is 1. The summed E-state index contributed by atoms with van der Waals surface area (Å²) in [7, 11) is 0. The average molecular weight is 220 g/mol. The van der Waals surface area contributed by atoms with E-state index in [0.717, 1.165) is 17.3 Å². The van der Waals surface area contributed by atoms with E-state index in [1.165, 1.54) is 12.8 Å². The first kappa shape index (κ1) is 11.3. The van der Waals surface area contributed by atoms with Crippen molar-refractivity contribution >= 4 is 5.82 Å². The van der Waals surface area contributed by atoms with Crippen LogP contribution in [0.5, 0.6) is 0 Å². The lowest BCUT2D eigenvalue weighted by Crippen LogP contribution is -2.45. The third kappa shape index (κ3) is 2.32. The number of hydrogen-bond donors (Lipinski definition) is 2. The quantitative estimate of drug-likeness (QED) is 0.809. The summed E-state index contributed by atoms with van der Waals surface area (Å²) in [5.74, 6) is 2.38. The second kappa shape index (κ2) is 4.01. The molecule has 1 heterocycles. The Morgan fingerprint density at radius 2 is 2.12 bits per heavy atom. The van der Waals surface area contributed by atoms with Crippen molar-refractivity contribution in [1.29, 1.82) is 0 Å². The minimum absolute atomic E-state index is 0.0206. The van der Waals surface area contributed by atoms with Crippen LogP contribution in [0.1, 0.15) is 31.3 Å². The highest BCUT2D eigenvalue weighted by atomic mass is 15.1. The van der Waals surface area contributed by atoms with E-state index in [9.17, 15) is 0 Å². The molecular weight excluding hydrogens is 200 g/mol. The molecule has 1 aliphatic carbocycles. The molecule has 1 aliphatic rings. The minimum Gasteiger partial charge on any atom is -0.363 e. The predicted molar refractivity (Wildman–Crippen MR) is 65.3 cm³/mol. The molecule has 1 saturated carbocycles. The SMILES string of the molecule is Cc1cc(NC(C)(CN)C2CC2)nc(C)n1. The number of nitrogens with one attached hydrogen (secondary N) is 1. The Labute approximate surface area is 96.7 Å². The lowest BCUT2D eigenvalue weighted by Gasteiger charge is -2.30. The van der Waals surface area contributed by atoms with Crippen LogP contribution >= 0.6 is 0 Å². The Kier molecular flexibility index (Phi) is 2.84. The first-order chi connectivity index (χ1) is 7.53. The van der Waals surface area contributed by atoms with Gasteiger partial charge in [-0.3, -0.25) is 0 Å². The largest absolute Gasteiger partial charge is 0.363 e. The molecule has 1 unspecified atom stereocenters. The van der Waals surface area contributed by atoms with Gasteiger partial charge in [-0.05, 0) is 39.5 Å². The van der Waals surface area contributed by atoms with E-state index in [1.54, 1.807) is 0 Å². The van der Waals surface area contributed by atoms with Crippen molar-refractivity contribution < 1.29 is 0 Å². The number of aromatic nitrogens is 2. The molecule has 2 rings (SSSR count). The van der Waals surface area contributed by atoms with Crippen molar-refractivity contribution in [3.63, 3.8) is 0 Å². The van der Waals surface area contributed by atoms with E-state index in [0.29, 0.717) is 12.5 Å². The third-order valence-electron chi connectivity index (χ3n) is 3.28. The highest BCUT2D eigenvalue weighted by Crippen LogP contribution is 2.40. The van der Waals surface area contributed by atoms with Crippen molar-refractivity contribution in [3.05, 3.63) is 17.6 Å². The molecule has 88 valence electrons. The molecule has 0 radical (unpaired) electrons. The molecule has 0 aromatic carbocycles. The van der Waals surface area contributed by atoms with Gasteiger partial charge in [0.2, 0.25) is 0 Å². The number of hydrogen-bond acceptors (Lipinski definition) is 4. The van der Waals surface area contributed by atoms with E-state index in [1.807, 2.05) is 19.9 Å². The van der Waals surface area contributed by atoms with Gasteiger partial charge in [0.1, 0.15) is 11.6 Å². The average Bonchev–Trinajstić information content (AvgIpc) is 2.98. The number of nitrogens with two attached hydrogens (primary N) is 1. The van der Waals surface area contributed by atoms with Crippen molar-refractivity contribution in [3.8, 4) is 0 Å². The number of nitrogens with zero attached hydrogens (tertiary/aromatic N) is 2. The Bertz CT molecular complexity index is 366. The van der Waals surface area contributed by atoms with Gasteiger partial charge in [0.25, 0.3) is 0 Å². The minimum atomic E-state index is -0.0206. The van der Waals surface area contributed by atoms with Crippen LogP contribution in [0.2, 0.25) is 0 Å². The summed E-state index contributed by atoms with van der Waals surface area (Å²) in [6.45, 7) is 6.71. The first-order valence-electron chi connectivity index (χ1n) is 5.84. The zero-order valence-corrected chi connectivity index (χ0v) is 10.2. The fourth-order valence-electron chi connectivity index (χ4n) is 2.11. The van der Waals surface area contributed by atoms with E-state index in [4.69, 9.17) is 5.73 Å². The van der Waals surface area contributed by atoms with Gasteiger partial charge in [-0.1, -0.05) is 0 Å². The van der Waals surface area contributed by atoms with Gasteiger partial charge < -0.3 is 11.1 Å². The topological polar surface area (TPSA) is 63.8 Å². The van der Waals surface area contributed by atoms with Crippen LogP contribution < -0.4 is 11.1 Å². The lowest BCUT2D eigenvalue weighted by molar-refractivity contribution is 0.457.